The molecule has 1 aromatic carbocycles. The fourth-order valence-corrected chi connectivity index (χ4v) is 3.41. The highest BCUT2D eigenvalue weighted by molar-refractivity contribution is 5.37. The molecule has 22 heavy (non-hydrogen) atoms. The molecule has 0 saturated heterocycles. The van der Waals surface area contributed by atoms with E-state index in [4.69, 9.17) is 0 Å². The Morgan fingerprint density at radius 1 is 1.14 bits per heavy atom. The number of rotatable bonds is 4. The second kappa shape index (κ2) is 6.61. The lowest BCUT2D eigenvalue weighted by Crippen LogP contribution is -2.13. The molecule has 4 heteroatoms. The molecule has 2 aromatic rings. The number of hydrogen-bond acceptors (Lipinski definition) is 3. The predicted molar refractivity (Wildman–Crippen MR) is 87.2 cm³/mol. The molecular weight excluding hydrogens is 274 g/mol. The molecule has 0 amide bonds. The molecule has 1 heterocycles. The fraction of sp³-hybridized carbons (Fsp3) is 0.556. The first-order chi connectivity index (χ1) is 10.7. The van der Waals surface area contributed by atoms with Crippen LogP contribution >= 0.6 is 0 Å². The molecule has 1 saturated carbocycles. The summed E-state index contributed by atoms with van der Waals surface area (Å²) in [6.07, 6.45) is 6.17. The molecule has 0 bridgehead atoms. The number of aliphatic hydroxyl groups is 1. The van der Waals surface area contributed by atoms with Crippen LogP contribution in [0.3, 0.4) is 0 Å². The van der Waals surface area contributed by atoms with Crippen LogP contribution in [0.5, 0.6) is 0 Å². The minimum Gasteiger partial charge on any atom is -0.390 e. The first-order valence-corrected chi connectivity index (χ1v) is 8.36. The van der Waals surface area contributed by atoms with E-state index in [0.29, 0.717) is 11.8 Å². The largest absolute Gasteiger partial charge is 0.390 e. The van der Waals surface area contributed by atoms with E-state index in [9.17, 15) is 5.11 Å². The summed E-state index contributed by atoms with van der Waals surface area (Å²) < 4.78 is 1.94. The van der Waals surface area contributed by atoms with Crippen LogP contribution in [0, 0.1) is 0 Å². The van der Waals surface area contributed by atoms with Gasteiger partial charge in [0.15, 0.2) is 0 Å². The molecule has 4 nitrogen and oxygen atoms in total. The van der Waals surface area contributed by atoms with Crippen LogP contribution in [-0.2, 0) is 6.61 Å². The van der Waals surface area contributed by atoms with Crippen molar-refractivity contribution in [3.05, 3.63) is 41.2 Å². The van der Waals surface area contributed by atoms with Gasteiger partial charge in [-0.2, -0.15) is 0 Å². The summed E-state index contributed by atoms with van der Waals surface area (Å²) in [5, 5.41) is 18.1. The normalized spacial score (nSPS) is 16.4. The van der Waals surface area contributed by atoms with Gasteiger partial charge in [-0.15, -0.1) is 5.10 Å². The molecule has 0 spiro atoms. The summed E-state index contributed by atoms with van der Waals surface area (Å²) in [4.78, 5) is 0. The Bertz CT molecular complexity index is 610. The fourth-order valence-electron chi connectivity index (χ4n) is 3.41. The summed E-state index contributed by atoms with van der Waals surface area (Å²) in [5.41, 5.74) is 4.21. The number of aromatic nitrogens is 3. The second-order valence-corrected chi connectivity index (χ2v) is 6.57. The van der Waals surface area contributed by atoms with Gasteiger partial charge in [0.05, 0.1) is 18.0 Å². The van der Waals surface area contributed by atoms with Gasteiger partial charge in [0.25, 0.3) is 0 Å². The molecule has 3 rings (SSSR count). The van der Waals surface area contributed by atoms with Crippen LogP contribution in [0.2, 0.25) is 0 Å². The number of benzene rings is 1. The van der Waals surface area contributed by atoms with Crippen LogP contribution in [0.15, 0.2) is 24.3 Å². The van der Waals surface area contributed by atoms with Crippen molar-refractivity contribution in [2.75, 3.05) is 0 Å². The lowest BCUT2D eigenvalue weighted by Gasteiger charge is -2.23. The zero-order chi connectivity index (χ0) is 15.5. The summed E-state index contributed by atoms with van der Waals surface area (Å²) >= 11 is 0. The number of aliphatic hydroxyl groups excluding tert-OH is 1. The average molecular weight is 299 g/mol. The highest BCUT2D eigenvalue weighted by atomic mass is 16.3. The smallest absolute Gasteiger partial charge is 0.112 e. The summed E-state index contributed by atoms with van der Waals surface area (Å²) in [7, 11) is 0. The van der Waals surface area contributed by atoms with E-state index in [1.807, 2.05) is 4.68 Å². The van der Waals surface area contributed by atoms with E-state index in [-0.39, 0.29) is 6.61 Å². The molecule has 1 fully saturated rings. The van der Waals surface area contributed by atoms with E-state index in [1.54, 1.807) is 0 Å². The Kier molecular flexibility index (Phi) is 4.57. The van der Waals surface area contributed by atoms with Gasteiger partial charge in [-0.25, -0.2) is 4.68 Å². The third kappa shape index (κ3) is 2.93. The number of nitrogens with zero attached hydrogens (tertiary/aromatic N) is 3. The third-order valence-electron chi connectivity index (χ3n) is 4.72. The third-order valence-corrected chi connectivity index (χ3v) is 4.72. The van der Waals surface area contributed by atoms with Crippen LogP contribution in [0.1, 0.15) is 74.7 Å². The van der Waals surface area contributed by atoms with Crippen LogP contribution in [0.25, 0.3) is 5.69 Å². The average Bonchev–Trinajstić information content (AvgIpc) is 2.99. The lowest BCUT2D eigenvalue weighted by atomic mass is 9.86. The molecule has 118 valence electrons. The van der Waals surface area contributed by atoms with Crippen LogP contribution in [-0.4, -0.2) is 20.1 Å². The van der Waals surface area contributed by atoms with E-state index < -0.39 is 0 Å². The minimum atomic E-state index is -0.0318. The van der Waals surface area contributed by atoms with Crippen molar-refractivity contribution in [2.45, 2.75) is 64.4 Å². The van der Waals surface area contributed by atoms with Gasteiger partial charge < -0.3 is 5.11 Å². The first kappa shape index (κ1) is 15.2. The topological polar surface area (TPSA) is 50.9 Å². The van der Waals surface area contributed by atoms with Crippen molar-refractivity contribution in [1.29, 1.82) is 0 Å². The maximum atomic E-state index is 9.61. The van der Waals surface area contributed by atoms with E-state index in [1.165, 1.54) is 37.7 Å². The van der Waals surface area contributed by atoms with Gasteiger partial charge in [-0.3, -0.25) is 0 Å². The van der Waals surface area contributed by atoms with Crippen molar-refractivity contribution < 1.29 is 5.11 Å². The summed E-state index contributed by atoms with van der Waals surface area (Å²) in [6, 6.07) is 8.53. The van der Waals surface area contributed by atoms with E-state index >= 15 is 0 Å². The zero-order valence-corrected chi connectivity index (χ0v) is 13.5. The van der Waals surface area contributed by atoms with Gasteiger partial charge in [0, 0.05) is 5.92 Å². The van der Waals surface area contributed by atoms with Gasteiger partial charge >= 0.3 is 0 Å². The molecule has 0 unspecified atom stereocenters. The molecule has 1 aliphatic rings. The van der Waals surface area contributed by atoms with Gasteiger partial charge in [0.2, 0.25) is 0 Å². The number of hydrogen-bond donors (Lipinski definition) is 1. The van der Waals surface area contributed by atoms with Gasteiger partial charge in [-0.1, -0.05) is 50.5 Å². The van der Waals surface area contributed by atoms with Crippen molar-refractivity contribution in [3.8, 4) is 5.69 Å². The Morgan fingerprint density at radius 2 is 1.82 bits per heavy atom. The second-order valence-electron chi connectivity index (χ2n) is 6.57. The predicted octanol–water partition coefficient (Wildman–Crippen LogP) is 3.93. The monoisotopic (exact) mass is 299 g/mol. The Labute approximate surface area is 132 Å². The van der Waals surface area contributed by atoms with Gasteiger partial charge in [-0.05, 0) is 36.5 Å². The Balaban J connectivity index is 1.97. The summed E-state index contributed by atoms with van der Waals surface area (Å²) in [5.74, 6) is 0.992. The van der Waals surface area contributed by atoms with Crippen molar-refractivity contribution >= 4 is 0 Å². The Morgan fingerprint density at radius 3 is 2.41 bits per heavy atom. The summed E-state index contributed by atoms with van der Waals surface area (Å²) in [6.45, 7) is 4.36. The molecule has 0 atom stereocenters. The molecule has 0 aliphatic heterocycles. The van der Waals surface area contributed by atoms with Crippen LogP contribution < -0.4 is 0 Å². The molecule has 1 N–H and O–H groups in total. The van der Waals surface area contributed by atoms with Gasteiger partial charge in [0.1, 0.15) is 5.69 Å². The quantitative estimate of drug-likeness (QED) is 0.930. The maximum absolute atomic E-state index is 9.61. The van der Waals surface area contributed by atoms with Crippen molar-refractivity contribution in [2.24, 2.45) is 0 Å². The lowest BCUT2D eigenvalue weighted by molar-refractivity contribution is 0.273. The molecule has 1 aliphatic carbocycles. The molecule has 1 aromatic heterocycles. The van der Waals surface area contributed by atoms with Crippen molar-refractivity contribution in [3.63, 3.8) is 0 Å². The minimum absolute atomic E-state index is 0.0318. The highest BCUT2D eigenvalue weighted by Gasteiger charge is 2.24. The zero-order valence-electron chi connectivity index (χ0n) is 13.5. The van der Waals surface area contributed by atoms with E-state index in [0.717, 1.165) is 17.1 Å². The van der Waals surface area contributed by atoms with Crippen molar-refractivity contribution in [1.82, 2.24) is 15.0 Å². The Hall–Kier alpha value is -1.68. The standard InChI is InChI=1S/C18H25N3O/c1-13(2)14-8-10-16(11-9-14)21-18(17(12-22)19-20-21)15-6-4-3-5-7-15/h8-11,13,15,22H,3-7,12H2,1-2H3. The highest BCUT2D eigenvalue weighted by Crippen LogP contribution is 2.35. The maximum Gasteiger partial charge on any atom is 0.112 e. The molecular formula is C18H25N3O. The first-order valence-electron chi connectivity index (χ1n) is 8.36. The molecule has 0 radical (unpaired) electrons. The SMILES string of the molecule is CC(C)c1ccc(-n2nnc(CO)c2C2CCCCC2)cc1. The van der Waals surface area contributed by atoms with E-state index in [2.05, 4.69) is 48.4 Å². The van der Waals surface area contributed by atoms with Crippen LogP contribution in [0.4, 0.5) is 0 Å².